The van der Waals surface area contributed by atoms with Gasteiger partial charge in [0.25, 0.3) is 0 Å². The van der Waals surface area contributed by atoms with Crippen LogP contribution in [0.5, 0.6) is 0 Å². The summed E-state index contributed by atoms with van der Waals surface area (Å²) in [5.41, 5.74) is -0.635. The van der Waals surface area contributed by atoms with Crippen LogP contribution >= 0.6 is 23.1 Å². The van der Waals surface area contributed by atoms with E-state index in [0.29, 0.717) is 5.75 Å². The highest BCUT2D eigenvalue weighted by molar-refractivity contribution is 8.01. The number of nitrogens with zero attached hydrogens (tertiary/aromatic N) is 2. The van der Waals surface area contributed by atoms with Crippen LogP contribution in [-0.4, -0.2) is 26.7 Å². The lowest BCUT2D eigenvalue weighted by atomic mass is 9.95. The second-order valence-corrected chi connectivity index (χ2v) is 6.29. The van der Waals surface area contributed by atoms with Gasteiger partial charge in [0.05, 0.1) is 5.60 Å². The Labute approximate surface area is 93.0 Å². The Morgan fingerprint density at radius 1 is 1.50 bits per heavy atom. The first-order chi connectivity index (χ1) is 6.42. The van der Waals surface area contributed by atoms with E-state index in [0.717, 1.165) is 9.35 Å². The third-order valence-electron chi connectivity index (χ3n) is 2.24. The molecule has 0 aliphatic rings. The van der Waals surface area contributed by atoms with Crippen molar-refractivity contribution in [1.82, 2.24) is 10.2 Å². The van der Waals surface area contributed by atoms with Crippen LogP contribution in [0.4, 0.5) is 0 Å². The molecule has 0 bridgehead atoms. The highest BCUT2D eigenvalue weighted by Crippen LogP contribution is 2.28. The van der Waals surface area contributed by atoms with Crippen molar-refractivity contribution in [3.63, 3.8) is 0 Å². The zero-order chi connectivity index (χ0) is 10.8. The van der Waals surface area contributed by atoms with Crippen LogP contribution in [-0.2, 0) is 0 Å². The summed E-state index contributed by atoms with van der Waals surface area (Å²) in [6.45, 7) is 7.83. The lowest BCUT2D eigenvalue weighted by molar-refractivity contribution is 0.0376. The van der Waals surface area contributed by atoms with Crippen LogP contribution in [0.3, 0.4) is 0 Å². The molecule has 0 aliphatic heterocycles. The van der Waals surface area contributed by atoms with Crippen LogP contribution in [0.15, 0.2) is 4.34 Å². The van der Waals surface area contributed by atoms with Crippen molar-refractivity contribution in [2.45, 2.75) is 37.6 Å². The van der Waals surface area contributed by atoms with E-state index in [1.807, 2.05) is 27.7 Å². The maximum absolute atomic E-state index is 10.00. The highest BCUT2D eigenvalue weighted by Gasteiger charge is 2.25. The lowest BCUT2D eigenvalue weighted by Crippen LogP contribution is -2.33. The zero-order valence-electron chi connectivity index (χ0n) is 8.94. The molecule has 0 aromatic carbocycles. The molecule has 0 saturated carbocycles. The van der Waals surface area contributed by atoms with E-state index in [1.54, 1.807) is 23.1 Å². The number of hydrogen-bond donors (Lipinski definition) is 1. The molecule has 5 heteroatoms. The minimum Gasteiger partial charge on any atom is -0.389 e. The molecule has 1 N–H and O–H groups in total. The average molecular weight is 232 g/mol. The number of thioether (sulfide) groups is 1. The summed E-state index contributed by atoms with van der Waals surface area (Å²) in [4.78, 5) is 0. The molecule has 0 amide bonds. The molecule has 0 fully saturated rings. The Morgan fingerprint density at radius 2 is 2.14 bits per heavy atom. The Bertz CT molecular complexity index is 297. The van der Waals surface area contributed by atoms with Crippen molar-refractivity contribution >= 4 is 23.1 Å². The van der Waals surface area contributed by atoms with Crippen molar-refractivity contribution in [3.8, 4) is 0 Å². The number of hydrogen-bond acceptors (Lipinski definition) is 5. The van der Waals surface area contributed by atoms with Crippen molar-refractivity contribution in [2.24, 2.45) is 5.92 Å². The first-order valence-corrected chi connectivity index (χ1v) is 6.37. The maximum atomic E-state index is 10.00. The molecule has 1 rings (SSSR count). The van der Waals surface area contributed by atoms with E-state index in [2.05, 4.69) is 10.2 Å². The van der Waals surface area contributed by atoms with Crippen molar-refractivity contribution in [1.29, 1.82) is 0 Å². The molecule has 14 heavy (non-hydrogen) atoms. The zero-order valence-corrected chi connectivity index (χ0v) is 10.6. The van der Waals surface area contributed by atoms with E-state index in [1.165, 1.54) is 0 Å². The number of aryl methyl sites for hydroxylation is 1. The van der Waals surface area contributed by atoms with Crippen LogP contribution in [0.25, 0.3) is 0 Å². The van der Waals surface area contributed by atoms with Gasteiger partial charge in [-0.25, -0.2) is 0 Å². The predicted octanol–water partition coefficient (Wildman–Crippen LogP) is 2.35. The van der Waals surface area contributed by atoms with Gasteiger partial charge in [0, 0.05) is 5.75 Å². The summed E-state index contributed by atoms with van der Waals surface area (Å²) < 4.78 is 0.934. The predicted molar refractivity (Wildman–Crippen MR) is 60.8 cm³/mol. The van der Waals surface area contributed by atoms with Crippen LogP contribution in [0, 0.1) is 12.8 Å². The third-order valence-corrected chi connectivity index (χ3v) is 4.53. The van der Waals surface area contributed by atoms with Gasteiger partial charge >= 0.3 is 0 Å². The molecule has 1 aromatic rings. The molecule has 1 unspecified atom stereocenters. The summed E-state index contributed by atoms with van der Waals surface area (Å²) in [6, 6.07) is 0. The first-order valence-electron chi connectivity index (χ1n) is 4.57. The number of aromatic nitrogens is 2. The van der Waals surface area contributed by atoms with Crippen LogP contribution < -0.4 is 0 Å². The number of rotatable bonds is 4. The highest BCUT2D eigenvalue weighted by atomic mass is 32.2. The summed E-state index contributed by atoms with van der Waals surface area (Å²) in [5, 5.41) is 18.9. The summed E-state index contributed by atoms with van der Waals surface area (Å²) in [6.07, 6.45) is 0. The van der Waals surface area contributed by atoms with Gasteiger partial charge in [-0.3, -0.25) is 0 Å². The molecule has 0 saturated heterocycles. The molecule has 0 radical (unpaired) electrons. The quantitative estimate of drug-likeness (QED) is 0.809. The van der Waals surface area contributed by atoms with Crippen molar-refractivity contribution < 1.29 is 5.11 Å². The minimum absolute atomic E-state index is 0.254. The van der Waals surface area contributed by atoms with Gasteiger partial charge in [0.1, 0.15) is 5.01 Å². The van der Waals surface area contributed by atoms with E-state index in [9.17, 15) is 5.11 Å². The SMILES string of the molecule is Cc1nnc(SCC(C)(O)C(C)C)s1. The fraction of sp³-hybridized carbons (Fsp3) is 0.778. The molecule has 0 spiro atoms. The van der Waals surface area contributed by atoms with Gasteiger partial charge in [-0.2, -0.15) is 0 Å². The molecule has 1 heterocycles. The monoisotopic (exact) mass is 232 g/mol. The summed E-state index contributed by atoms with van der Waals surface area (Å²) in [5.74, 6) is 0.920. The average Bonchev–Trinajstić information content (AvgIpc) is 2.48. The minimum atomic E-state index is -0.635. The molecule has 1 atom stereocenters. The fourth-order valence-electron chi connectivity index (χ4n) is 0.711. The van der Waals surface area contributed by atoms with Gasteiger partial charge in [0.2, 0.25) is 0 Å². The smallest absolute Gasteiger partial charge is 0.174 e. The number of aliphatic hydroxyl groups is 1. The largest absolute Gasteiger partial charge is 0.389 e. The van der Waals surface area contributed by atoms with Crippen molar-refractivity contribution in [3.05, 3.63) is 5.01 Å². The Balaban J connectivity index is 2.48. The van der Waals surface area contributed by atoms with Gasteiger partial charge in [0.15, 0.2) is 4.34 Å². The molecular formula is C9H16N2OS2. The fourth-order valence-corrected chi connectivity index (χ4v) is 2.75. The van der Waals surface area contributed by atoms with Crippen LogP contribution in [0.2, 0.25) is 0 Å². The Kier molecular flexibility index (Phi) is 3.92. The standard InChI is InChI=1S/C9H16N2OS2/c1-6(2)9(4,12)5-13-8-11-10-7(3)14-8/h6,12H,5H2,1-4H3. The van der Waals surface area contributed by atoms with Gasteiger partial charge in [-0.1, -0.05) is 36.9 Å². The normalized spacial score (nSPS) is 15.9. The van der Waals surface area contributed by atoms with Gasteiger partial charge in [-0.15, -0.1) is 10.2 Å². The molecule has 80 valence electrons. The van der Waals surface area contributed by atoms with Gasteiger partial charge in [-0.05, 0) is 19.8 Å². The Hall–Kier alpha value is -0.130. The van der Waals surface area contributed by atoms with Crippen molar-refractivity contribution in [2.75, 3.05) is 5.75 Å². The summed E-state index contributed by atoms with van der Waals surface area (Å²) >= 11 is 3.14. The van der Waals surface area contributed by atoms with Crippen LogP contribution in [0.1, 0.15) is 25.8 Å². The second kappa shape index (κ2) is 4.59. The molecule has 3 nitrogen and oxygen atoms in total. The van der Waals surface area contributed by atoms with E-state index in [4.69, 9.17) is 0 Å². The van der Waals surface area contributed by atoms with E-state index in [-0.39, 0.29) is 5.92 Å². The molecule has 1 aromatic heterocycles. The second-order valence-electron chi connectivity index (χ2n) is 3.89. The van der Waals surface area contributed by atoms with E-state index >= 15 is 0 Å². The van der Waals surface area contributed by atoms with E-state index < -0.39 is 5.60 Å². The Morgan fingerprint density at radius 3 is 2.57 bits per heavy atom. The topological polar surface area (TPSA) is 46.0 Å². The third kappa shape index (κ3) is 3.22. The molecule has 0 aliphatic carbocycles. The maximum Gasteiger partial charge on any atom is 0.174 e. The summed E-state index contributed by atoms with van der Waals surface area (Å²) in [7, 11) is 0. The lowest BCUT2D eigenvalue weighted by Gasteiger charge is -2.26. The first kappa shape index (κ1) is 11.9. The molecular weight excluding hydrogens is 216 g/mol. The van der Waals surface area contributed by atoms with Gasteiger partial charge < -0.3 is 5.11 Å².